The fraction of sp³-hybridized carbons (Fsp3) is 0.296. The van der Waals surface area contributed by atoms with Gasteiger partial charge in [-0.3, -0.25) is 14.0 Å². The van der Waals surface area contributed by atoms with Crippen molar-refractivity contribution in [2.75, 3.05) is 12.3 Å². The molecular weight excluding hydrogens is 454 g/mol. The van der Waals surface area contributed by atoms with Crippen LogP contribution < -0.4 is 11.1 Å². The number of hydrogen-bond donors (Lipinski definition) is 2. The summed E-state index contributed by atoms with van der Waals surface area (Å²) in [6.07, 6.45) is 9.72. The Balaban J connectivity index is 1.48. The summed E-state index contributed by atoms with van der Waals surface area (Å²) in [6.45, 7) is 4.36. The van der Waals surface area contributed by atoms with E-state index in [9.17, 15) is 9.59 Å². The third-order valence-electron chi connectivity index (χ3n) is 6.47. The van der Waals surface area contributed by atoms with Gasteiger partial charge >= 0.3 is 0 Å². The number of amides is 2. The number of likely N-dealkylation sites (tertiary alicyclic amines) is 1. The molecule has 2 atom stereocenters. The van der Waals surface area contributed by atoms with Gasteiger partial charge in [-0.25, -0.2) is 15.0 Å². The third kappa shape index (κ3) is 4.33. The first kappa shape index (κ1) is 23.3. The highest BCUT2D eigenvalue weighted by Crippen LogP contribution is 2.36. The molecule has 3 aromatic rings. The van der Waals surface area contributed by atoms with Gasteiger partial charge in [0.2, 0.25) is 0 Å². The molecule has 0 aliphatic carbocycles. The average Bonchev–Trinajstić information content (AvgIpc) is 3.50. The number of aromatic nitrogens is 3. The van der Waals surface area contributed by atoms with Gasteiger partial charge in [0, 0.05) is 36.3 Å². The quantitative estimate of drug-likeness (QED) is 0.554. The van der Waals surface area contributed by atoms with Crippen molar-refractivity contribution < 1.29 is 9.59 Å². The molecule has 9 heteroatoms. The van der Waals surface area contributed by atoms with Crippen LogP contribution in [0.1, 0.15) is 55.3 Å². The van der Waals surface area contributed by atoms with Gasteiger partial charge < -0.3 is 16.0 Å². The van der Waals surface area contributed by atoms with Crippen LogP contribution >= 0.6 is 0 Å². The smallest absolute Gasteiger partial charge is 0.299 e. The maximum atomic E-state index is 12.7. The average molecular weight is 482 g/mol. The second kappa shape index (κ2) is 9.66. The third-order valence-corrected chi connectivity index (χ3v) is 6.47. The van der Waals surface area contributed by atoms with E-state index in [4.69, 9.17) is 10.7 Å². The molecule has 36 heavy (non-hydrogen) atoms. The zero-order chi connectivity index (χ0) is 25.2. The number of allylic oxidation sites excluding steroid dienone is 1. The molecule has 9 nitrogen and oxygen atoms in total. The maximum Gasteiger partial charge on any atom is 0.299 e. The molecule has 1 saturated heterocycles. The van der Waals surface area contributed by atoms with Crippen LogP contribution in [-0.4, -0.2) is 43.8 Å². The normalized spacial score (nSPS) is 19.1. The van der Waals surface area contributed by atoms with Crippen molar-refractivity contribution in [1.82, 2.24) is 24.6 Å². The van der Waals surface area contributed by atoms with Crippen LogP contribution in [-0.2, 0) is 4.79 Å². The van der Waals surface area contributed by atoms with Crippen molar-refractivity contribution in [2.45, 2.75) is 39.2 Å². The van der Waals surface area contributed by atoms with Crippen molar-refractivity contribution in [1.29, 1.82) is 0 Å². The molecule has 5 rings (SSSR count). The number of nitrogen functional groups attached to an aromatic ring is 1. The van der Waals surface area contributed by atoms with Crippen LogP contribution in [0.15, 0.2) is 53.5 Å². The van der Waals surface area contributed by atoms with Crippen LogP contribution in [0.4, 0.5) is 5.82 Å². The van der Waals surface area contributed by atoms with Gasteiger partial charge in [-0.1, -0.05) is 25.0 Å². The number of fused-ring (bicyclic) bond motifs is 1. The predicted molar refractivity (Wildman–Crippen MR) is 138 cm³/mol. The lowest BCUT2D eigenvalue weighted by molar-refractivity contribution is -0.126. The van der Waals surface area contributed by atoms with Gasteiger partial charge in [-0.15, -0.1) is 0 Å². The number of aliphatic imine (C=N–C) groups is 1. The molecule has 3 N–H and O–H groups in total. The first-order valence-corrected chi connectivity index (χ1v) is 12.0. The van der Waals surface area contributed by atoms with Gasteiger partial charge in [0.25, 0.3) is 11.8 Å². The summed E-state index contributed by atoms with van der Waals surface area (Å²) < 4.78 is 1.91. The molecule has 2 aliphatic heterocycles. The number of carbonyl (C=O) groups is 2. The lowest BCUT2D eigenvalue weighted by atomic mass is 10.1. The van der Waals surface area contributed by atoms with Gasteiger partial charge in [0.05, 0.1) is 6.04 Å². The van der Waals surface area contributed by atoms with E-state index in [-0.39, 0.29) is 17.9 Å². The van der Waals surface area contributed by atoms with Crippen molar-refractivity contribution in [3.05, 3.63) is 59.9 Å². The summed E-state index contributed by atoms with van der Waals surface area (Å²) in [4.78, 5) is 40.6. The largest absolute Gasteiger partial charge is 0.382 e. The molecule has 2 aliphatic rings. The number of carbonyl (C=O) groups excluding carboxylic acids is 2. The number of rotatable bonds is 4. The van der Waals surface area contributed by atoms with E-state index in [1.807, 2.05) is 35.0 Å². The molecule has 1 aromatic carbocycles. The Morgan fingerprint density at radius 1 is 1.22 bits per heavy atom. The number of imidazole rings is 1. The van der Waals surface area contributed by atoms with Crippen LogP contribution in [0, 0.1) is 17.8 Å². The van der Waals surface area contributed by atoms with E-state index >= 15 is 0 Å². The fourth-order valence-electron chi connectivity index (χ4n) is 4.72. The Kier molecular flexibility index (Phi) is 6.25. The first-order chi connectivity index (χ1) is 17.5. The second-order valence-corrected chi connectivity index (χ2v) is 8.99. The highest BCUT2D eigenvalue weighted by molar-refractivity contribution is 5.96. The van der Waals surface area contributed by atoms with Crippen molar-refractivity contribution in [3.63, 3.8) is 0 Å². The topological polar surface area (TPSA) is 118 Å². The van der Waals surface area contributed by atoms with Gasteiger partial charge in [0.15, 0.2) is 0 Å². The Bertz CT molecular complexity index is 1460. The maximum absolute atomic E-state index is 12.7. The lowest BCUT2D eigenvalue weighted by Gasteiger charge is -2.21. The van der Waals surface area contributed by atoms with Crippen molar-refractivity contribution >= 4 is 29.4 Å². The summed E-state index contributed by atoms with van der Waals surface area (Å²) in [5.41, 5.74) is 8.90. The molecule has 0 spiro atoms. The second-order valence-electron chi connectivity index (χ2n) is 8.99. The number of nitrogens with one attached hydrogen (secondary N) is 1. The van der Waals surface area contributed by atoms with Gasteiger partial charge in [-0.05, 0) is 56.2 Å². The number of nitrogens with zero attached hydrogens (tertiary/aromatic N) is 5. The van der Waals surface area contributed by atoms with E-state index in [1.165, 1.54) is 0 Å². The van der Waals surface area contributed by atoms with Crippen LogP contribution in [0.3, 0.4) is 0 Å². The first-order valence-electron chi connectivity index (χ1n) is 12.0. The summed E-state index contributed by atoms with van der Waals surface area (Å²) in [5, 5.41) is 2.86. The Morgan fingerprint density at radius 3 is 2.78 bits per heavy atom. The van der Waals surface area contributed by atoms with Crippen molar-refractivity contribution in [2.24, 2.45) is 10.9 Å². The molecule has 2 aromatic heterocycles. The van der Waals surface area contributed by atoms with Gasteiger partial charge in [0.1, 0.15) is 28.7 Å². The minimum Gasteiger partial charge on any atom is -0.382 e. The number of benzene rings is 1. The van der Waals surface area contributed by atoms with E-state index < -0.39 is 0 Å². The Labute approximate surface area is 209 Å². The van der Waals surface area contributed by atoms with Crippen LogP contribution in [0.5, 0.6) is 0 Å². The Hall–Kier alpha value is -4.45. The van der Waals surface area contributed by atoms with Crippen LogP contribution in [0.25, 0.3) is 16.8 Å². The van der Waals surface area contributed by atoms with E-state index in [1.54, 1.807) is 30.2 Å². The SMILES string of the molecule is CC#CC(=O)N1CCC[C@H]1c1nc(-c2ccc(C(=O)NC3=CC(C)CC=N3)cc2)c2c(N)nccn12. The zero-order valence-electron chi connectivity index (χ0n) is 20.2. The number of anilines is 1. The monoisotopic (exact) mass is 481 g/mol. The molecule has 182 valence electrons. The molecule has 0 saturated carbocycles. The molecule has 2 amide bonds. The highest BCUT2D eigenvalue weighted by Gasteiger charge is 2.33. The molecule has 0 radical (unpaired) electrons. The highest BCUT2D eigenvalue weighted by atomic mass is 16.2. The zero-order valence-corrected chi connectivity index (χ0v) is 20.2. The van der Waals surface area contributed by atoms with E-state index in [0.29, 0.717) is 40.9 Å². The van der Waals surface area contributed by atoms with Crippen LogP contribution in [0.2, 0.25) is 0 Å². The molecule has 4 heterocycles. The fourth-order valence-corrected chi connectivity index (χ4v) is 4.72. The lowest BCUT2D eigenvalue weighted by Crippen LogP contribution is -2.30. The molecular formula is C27H27N7O2. The summed E-state index contributed by atoms with van der Waals surface area (Å²) >= 11 is 0. The summed E-state index contributed by atoms with van der Waals surface area (Å²) in [7, 11) is 0. The number of nitrogens with two attached hydrogens (primary N) is 1. The Morgan fingerprint density at radius 2 is 2.03 bits per heavy atom. The molecule has 1 fully saturated rings. The van der Waals surface area contributed by atoms with E-state index in [0.717, 1.165) is 30.7 Å². The minimum atomic E-state index is -0.229. The molecule has 0 bridgehead atoms. The summed E-state index contributed by atoms with van der Waals surface area (Å²) in [6, 6.07) is 6.98. The van der Waals surface area contributed by atoms with Crippen molar-refractivity contribution in [3.8, 4) is 23.1 Å². The minimum absolute atomic E-state index is 0.206. The number of hydrogen-bond acceptors (Lipinski definition) is 6. The standard InChI is InChI=1S/C27H27N7O2/c1-3-5-22(35)33-14-4-6-20(33)26-32-23(24-25(28)30-13-15-34(24)26)18-7-9-19(10-8-18)27(36)31-21-16-17(2)11-12-29-21/h7-10,12-13,15-17,20H,4,6,11,14H2,1-2H3,(H2,28,30)(H,31,36)/t17?,20-/m0/s1. The summed E-state index contributed by atoms with van der Waals surface area (Å²) in [5.74, 6) is 6.86. The molecule has 1 unspecified atom stereocenters. The van der Waals surface area contributed by atoms with Gasteiger partial charge in [-0.2, -0.15) is 0 Å². The van der Waals surface area contributed by atoms with E-state index in [2.05, 4.69) is 34.1 Å². The predicted octanol–water partition coefficient (Wildman–Crippen LogP) is 3.35.